The molecule has 3 aromatic rings. The molecule has 2 aromatic heterocycles. The summed E-state index contributed by atoms with van der Waals surface area (Å²) >= 11 is 0. The van der Waals surface area contributed by atoms with Crippen molar-refractivity contribution in [2.75, 3.05) is 23.9 Å². The Bertz CT molecular complexity index is 1150. The van der Waals surface area contributed by atoms with Gasteiger partial charge >= 0.3 is 0 Å². The van der Waals surface area contributed by atoms with E-state index in [1.165, 1.54) is 10.6 Å². The van der Waals surface area contributed by atoms with Gasteiger partial charge in [-0.05, 0) is 32.0 Å². The van der Waals surface area contributed by atoms with Gasteiger partial charge in [-0.25, -0.2) is 13.9 Å². The van der Waals surface area contributed by atoms with Gasteiger partial charge in [0, 0.05) is 19.8 Å². The predicted molar refractivity (Wildman–Crippen MR) is 105 cm³/mol. The predicted octanol–water partition coefficient (Wildman–Crippen LogP) is 1.90. The molecule has 150 valence electrons. The van der Waals surface area contributed by atoms with Crippen LogP contribution in [0.5, 0.6) is 0 Å². The molecule has 0 spiro atoms. The number of rotatable bonds is 4. The molecule has 0 fully saturated rings. The van der Waals surface area contributed by atoms with Crippen LogP contribution in [0.2, 0.25) is 0 Å². The summed E-state index contributed by atoms with van der Waals surface area (Å²) in [4.78, 5) is 23.8. The SMILES string of the molecule is CC1=C(C(N)=O)OC(C)N1c1ccc(F)c(-c2nc3ncc(N(C)C)cn3n2)c1. The van der Waals surface area contributed by atoms with Crippen molar-refractivity contribution in [3.63, 3.8) is 0 Å². The standard InChI is InChI=1S/C19H20FN7O2/c1-10-16(17(21)28)29-11(2)27(10)12-5-6-15(20)14(7-12)18-23-19-22-8-13(25(3)4)9-26(19)24-18/h5-9,11H,1-4H3,(H2,21,28). The Morgan fingerprint density at radius 2 is 2.10 bits per heavy atom. The zero-order valence-electron chi connectivity index (χ0n) is 16.4. The van der Waals surface area contributed by atoms with E-state index in [4.69, 9.17) is 10.5 Å². The second-order valence-corrected chi connectivity index (χ2v) is 6.92. The van der Waals surface area contributed by atoms with Crippen LogP contribution in [0.4, 0.5) is 15.8 Å². The lowest BCUT2D eigenvalue weighted by atomic mass is 10.1. The number of allylic oxidation sites excluding steroid dienone is 1. The van der Waals surface area contributed by atoms with E-state index in [1.807, 2.05) is 19.0 Å². The van der Waals surface area contributed by atoms with Crippen LogP contribution < -0.4 is 15.5 Å². The number of amides is 1. The zero-order valence-corrected chi connectivity index (χ0v) is 16.4. The molecule has 0 aliphatic carbocycles. The lowest BCUT2D eigenvalue weighted by Gasteiger charge is -2.24. The summed E-state index contributed by atoms with van der Waals surface area (Å²) in [6.07, 6.45) is 2.97. The van der Waals surface area contributed by atoms with Gasteiger partial charge in [0.2, 0.25) is 5.76 Å². The Balaban J connectivity index is 1.78. The number of hydrogen-bond acceptors (Lipinski definition) is 7. The minimum atomic E-state index is -0.649. The Morgan fingerprint density at radius 3 is 2.76 bits per heavy atom. The summed E-state index contributed by atoms with van der Waals surface area (Å²) in [7, 11) is 3.78. The number of ether oxygens (including phenoxy) is 1. The zero-order chi connectivity index (χ0) is 20.9. The Hall–Kier alpha value is -3.69. The van der Waals surface area contributed by atoms with Crippen LogP contribution in [0.3, 0.4) is 0 Å². The average Bonchev–Trinajstić information content (AvgIpc) is 3.22. The molecule has 1 aliphatic heterocycles. The largest absolute Gasteiger partial charge is 0.463 e. The van der Waals surface area contributed by atoms with Gasteiger partial charge in [0.15, 0.2) is 12.1 Å². The topological polar surface area (TPSA) is 102 Å². The van der Waals surface area contributed by atoms with Gasteiger partial charge in [-0.15, -0.1) is 5.10 Å². The molecule has 1 unspecified atom stereocenters. The average molecular weight is 397 g/mol. The highest BCUT2D eigenvalue weighted by atomic mass is 19.1. The molecule has 1 atom stereocenters. The van der Waals surface area contributed by atoms with Crippen molar-refractivity contribution in [3.05, 3.63) is 47.9 Å². The van der Waals surface area contributed by atoms with E-state index in [-0.39, 0.29) is 17.1 Å². The van der Waals surface area contributed by atoms with Crippen molar-refractivity contribution < 1.29 is 13.9 Å². The minimum Gasteiger partial charge on any atom is -0.463 e. The molecule has 9 nitrogen and oxygen atoms in total. The number of carbonyl (C=O) groups excluding carboxylic acids is 1. The van der Waals surface area contributed by atoms with Crippen LogP contribution in [0.1, 0.15) is 13.8 Å². The van der Waals surface area contributed by atoms with Gasteiger partial charge in [-0.3, -0.25) is 4.79 Å². The second-order valence-electron chi connectivity index (χ2n) is 6.92. The van der Waals surface area contributed by atoms with Gasteiger partial charge in [0.25, 0.3) is 11.7 Å². The number of aromatic nitrogens is 4. The maximum absolute atomic E-state index is 14.6. The van der Waals surface area contributed by atoms with Crippen molar-refractivity contribution in [2.45, 2.75) is 20.1 Å². The van der Waals surface area contributed by atoms with E-state index in [0.717, 1.165) is 5.69 Å². The lowest BCUT2D eigenvalue weighted by molar-refractivity contribution is -0.118. The molecular formula is C19H20FN7O2. The number of primary amides is 1. The third kappa shape index (κ3) is 3.12. The van der Waals surface area contributed by atoms with Crippen LogP contribution in [0, 0.1) is 5.82 Å². The second kappa shape index (κ2) is 6.73. The van der Waals surface area contributed by atoms with Crippen molar-refractivity contribution in [1.29, 1.82) is 0 Å². The molecule has 3 heterocycles. The summed E-state index contributed by atoms with van der Waals surface area (Å²) in [5, 5.41) is 4.38. The number of fused-ring (bicyclic) bond motifs is 1. The molecule has 10 heteroatoms. The van der Waals surface area contributed by atoms with Gasteiger partial charge in [-0.1, -0.05) is 0 Å². The van der Waals surface area contributed by atoms with Crippen LogP contribution in [0.15, 0.2) is 42.0 Å². The molecule has 0 bridgehead atoms. The molecule has 1 amide bonds. The van der Waals surface area contributed by atoms with E-state index in [2.05, 4.69) is 15.1 Å². The number of carbonyl (C=O) groups is 1. The van der Waals surface area contributed by atoms with Gasteiger partial charge < -0.3 is 20.3 Å². The molecule has 1 aromatic carbocycles. The minimum absolute atomic E-state index is 0.0923. The molecule has 2 N–H and O–H groups in total. The summed E-state index contributed by atoms with van der Waals surface area (Å²) in [6.45, 7) is 3.50. The fourth-order valence-electron chi connectivity index (χ4n) is 3.28. The van der Waals surface area contributed by atoms with Crippen molar-refractivity contribution in [3.8, 4) is 11.4 Å². The van der Waals surface area contributed by atoms with E-state index in [0.29, 0.717) is 17.2 Å². The molecule has 4 rings (SSSR count). The molecule has 29 heavy (non-hydrogen) atoms. The van der Waals surface area contributed by atoms with Crippen LogP contribution in [-0.2, 0) is 9.53 Å². The maximum Gasteiger partial charge on any atom is 0.285 e. The third-order valence-corrected chi connectivity index (χ3v) is 4.73. The van der Waals surface area contributed by atoms with E-state index in [1.54, 1.807) is 43.3 Å². The Morgan fingerprint density at radius 1 is 1.34 bits per heavy atom. The molecule has 1 aliphatic rings. The first-order valence-corrected chi connectivity index (χ1v) is 8.92. The van der Waals surface area contributed by atoms with Gasteiger partial charge in [0.05, 0.1) is 29.3 Å². The summed E-state index contributed by atoms with van der Waals surface area (Å²) < 4.78 is 21.7. The van der Waals surface area contributed by atoms with Crippen LogP contribution in [-0.4, -0.2) is 45.8 Å². The van der Waals surface area contributed by atoms with E-state index in [9.17, 15) is 9.18 Å². The fourth-order valence-corrected chi connectivity index (χ4v) is 3.28. The van der Waals surface area contributed by atoms with Crippen molar-refractivity contribution in [1.82, 2.24) is 19.6 Å². The number of nitrogens with two attached hydrogens (primary N) is 1. The Labute approximate surface area is 166 Å². The van der Waals surface area contributed by atoms with E-state index >= 15 is 0 Å². The monoisotopic (exact) mass is 397 g/mol. The van der Waals surface area contributed by atoms with Crippen LogP contribution in [0.25, 0.3) is 17.2 Å². The highest BCUT2D eigenvalue weighted by Gasteiger charge is 2.32. The number of nitrogens with zero attached hydrogens (tertiary/aromatic N) is 6. The summed E-state index contributed by atoms with van der Waals surface area (Å²) in [6, 6.07) is 4.55. The molecular weight excluding hydrogens is 377 g/mol. The molecule has 0 saturated carbocycles. The summed E-state index contributed by atoms with van der Waals surface area (Å²) in [5.41, 5.74) is 7.61. The van der Waals surface area contributed by atoms with Crippen molar-refractivity contribution >= 4 is 23.1 Å². The quantitative estimate of drug-likeness (QED) is 0.717. The number of halogens is 1. The smallest absolute Gasteiger partial charge is 0.285 e. The Kier molecular flexibility index (Phi) is 4.33. The first-order valence-electron chi connectivity index (χ1n) is 8.92. The highest BCUT2D eigenvalue weighted by Crippen LogP contribution is 2.34. The summed E-state index contributed by atoms with van der Waals surface area (Å²) in [5.74, 6) is -0.460. The highest BCUT2D eigenvalue weighted by molar-refractivity contribution is 5.92. The van der Waals surface area contributed by atoms with Gasteiger partial charge in [-0.2, -0.15) is 4.98 Å². The number of benzene rings is 1. The molecule has 0 saturated heterocycles. The number of anilines is 2. The lowest BCUT2D eigenvalue weighted by Crippen LogP contribution is -2.27. The van der Waals surface area contributed by atoms with Crippen molar-refractivity contribution in [2.24, 2.45) is 5.73 Å². The third-order valence-electron chi connectivity index (χ3n) is 4.73. The van der Waals surface area contributed by atoms with Crippen LogP contribution >= 0.6 is 0 Å². The van der Waals surface area contributed by atoms with E-state index < -0.39 is 18.0 Å². The normalized spacial score (nSPS) is 16.4. The maximum atomic E-state index is 14.6. The first kappa shape index (κ1) is 18.7. The molecule has 0 radical (unpaired) electrons. The fraction of sp³-hybridized carbons (Fsp3) is 0.263. The van der Waals surface area contributed by atoms with Gasteiger partial charge in [0.1, 0.15) is 5.82 Å². The number of hydrogen-bond donors (Lipinski definition) is 1. The first-order chi connectivity index (χ1) is 13.8.